The van der Waals surface area contributed by atoms with Crippen LogP contribution in [0, 0.1) is 6.92 Å². The highest BCUT2D eigenvalue weighted by Gasteiger charge is 2.46. The number of piperidine rings is 1. The van der Waals surface area contributed by atoms with Crippen LogP contribution in [-0.4, -0.2) is 45.2 Å². The maximum Gasteiger partial charge on any atom is 0.106 e. The lowest BCUT2D eigenvalue weighted by Gasteiger charge is -2.39. The number of hydrogen-bond donors (Lipinski definition) is 1. The monoisotopic (exact) mass is 324 g/mol. The molecule has 1 N–H and O–H groups in total. The molecule has 0 radical (unpaired) electrons. The number of hydrogen-bond acceptors (Lipinski definition) is 3. The molecule has 3 fully saturated rings. The van der Waals surface area contributed by atoms with Crippen LogP contribution in [0.4, 0.5) is 0 Å². The maximum atomic E-state index is 4.68. The Morgan fingerprint density at radius 1 is 1.04 bits per heavy atom. The van der Waals surface area contributed by atoms with E-state index in [9.17, 15) is 0 Å². The number of nitrogens with zero attached hydrogens (tertiary/aromatic N) is 3. The Morgan fingerprint density at radius 2 is 1.75 bits per heavy atom. The van der Waals surface area contributed by atoms with Crippen molar-refractivity contribution in [3.8, 4) is 0 Å². The molecule has 2 saturated heterocycles. The van der Waals surface area contributed by atoms with E-state index >= 15 is 0 Å². The first-order chi connectivity index (χ1) is 11.8. The predicted octanol–water partition coefficient (Wildman–Crippen LogP) is 3.09. The summed E-state index contributed by atoms with van der Waals surface area (Å²) in [5.74, 6) is 1.13. The van der Waals surface area contributed by atoms with Gasteiger partial charge in [-0.1, -0.05) is 12.1 Å². The fourth-order valence-corrected chi connectivity index (χ4v) is 5.21. The van der Waals surface area contributed by atoms with E-state index < -0.39 is 0 Å². The van der Waals surface area contributed by atoms with Gasteiger partial charge in [0.15, 0.2) is 0 Å². The largest absolute Gasteiger partial charge is 0.327 e. The van der Waals surface area contributed by atoms with Crippen LogP contribution < -0.4 is 5.32 Å². The van der Waals surface area contributed by atoms with Gasteiger partial charge in [0, 0.05) is 37.3 Å². The van der Waals surface area contributed by atoms with E-state index in [0.29, 0.717) is 6.04 Å². The first kappa shape index (κ1) is 14.9. The Hall–Kier alpha value is -1.39. The Balaban J connectivity index is 1.20. The van der Waals surface area contributed by atoms with E-state index in [4.69, 9.17) is 0 Å². The summed E-state index contributed by atoms with van der Waals surface area (Å²) in [5.41, 5.74) is 2.38. The molecule has 2 aliphatic heterocycles. The van der Waals surface area contributed by atoms with Crippen molar-refractivity contribution in [3.05, 3.63) is 30.1 Å². The van der Waals surface area contributed by atoms with Crippen LogP contribution in [0.1, 0.15) is 44.3 Å². The van der Waals surface area contributed by atoms with E-state index in [1.54, 1.807) is 0 Å². The Bertz CT molecular complexity index is 718. The summed E-state index contributed by atoms with van der Waals surface area (Å²) in [6.45, 7) is 4.19. The number of aromatic nitrogens is 2. The van der Waals surface area contributed by atoms with Gasteiger partial charge >= 0.3 is 0 Å². The fourth-order valence-electron chi connectivity index (χ4n) is 5.21. The highest BCUT2D eigenvalue weighted by Crippen LogP contribution is 2.43. The standard InChI is InChI=1S/C20H28N4/c1-14-22-19-4-2-3-5-20(19)23(14)11-10-21-15-12-17-8-9-18(13-15)24(17)16-6-7-16/h2-5,15-18,21H,6-13H2,1H3. The van der Waals surface area contributed by atoms with Crippen LogP contribution in [0.2, 0.25) is 0 Å². The number of rotatable bonds is 5. The van der Waals surface area contributed by atoms with E-state index in [0.717, 1.165) is 42.6 Å². The molecule has 0 amide bonds. The zero-order valence-corrected chi connectivity index (χ0v) is 14.6. The fraction of sp³-hybridized carbons (Fsp3) is 0.650. The van der Waals surface area contributed by atoms with Gasteiger partial charge in [-0.2, -0.15) is 0 Å². The number of aryl methyl sites for hydroxylation is 1. The quantitative estimate of drug-likeness (QED) is 0.917. The Kier molecular flexibility index (Phi) is 3.64. The number of imidazole rings is 1. The number of fused-ring (bicyclic) bond motifs is 3. The average molecular weight is 324 g/mol. The summed E-state index contributed by atoms with van der Waals surface area (Å²) >= 11 is 0. The number of benzene rings is 1. The predicted molar refractivity (Wildman–Crippen MR) is 97.2 cm³/mol. The lowest BCUT2D eigenvalue weighted by molar-refractivity contribution is 0.108. The third-order valence-electron chi connectivity index (χ3n) is 6.37. The summed E-state index contributed by atoms with van der Waals surface area (Å²) in [4.78, 5) is 7.56. The Morgan fingerprint density at radius 3 is 2.50 bits per heavy atom. The van der Waals surface area contributed by atoms with Crippen LogP contribution in [0.15, 0.2) is 24.3 Å². The van der Waals surface area contributed by atoms with Gasteiger partial charge in [0.25, 0.3) is 0 Å². The van der Waals surface area contributed by atoms with Crippen molar-refractivity contribution in [2.24, 2.45) is 0 Å². The van der Waals surface area contributed by atoms with E-state index in [1.807, 2.05) is 0 Å². The zero-order chi connectivity index (χ0) is 16.1. The molecule has 2 aromatic rings. The molecule has 4 heteroatoms. The summed E-state index contributed by atoms with van der Waals surface area (Å²) < 4.78 is 2.36. The molecule has 2 unspecified atom stereocenters. The molecule has 1 aliphatic carbocycles. The van der Waals surface area contributed by atoms with Crippen LogP contribution in [0.5, 0.6) is 0 Å². The number of para-hydroxylation sites is 2. The van der Waals surface area contributed by atoms with Crippen molar-refractivity contribution in [1.82, 2.24) is 19.8 Å². The summed E-state index contributed by atoms with van der Waals surface area (Å²) in [7, 11) is 0. The van der Waals surface area contributed by atoms with Gasteiger partial charge < -0.3 is 9.88 Å². The molecule has 5 rings (SSSR count). The smallest absolute Gasteiger partial charge is 0.106 e. The molecule has 3 aliphatic rings. The third kappa shape index (κ3) is 2.56. The molecule has 1 aromatic carbocycles. The van der Waals surface area contributed by atoms with Crippen LogP contribution >= 0.6 is 0 Å². The topological polar surface area (TPSA) is 33.1 Å². The van der Waals surface area contributed by atoms with Crippen molar-refractivity contribution in [3.63, 3.8) is 0 Å². The van der Waals surface area contributed by atoms with Gasteiger partial charge in [0.05, 0.1) is 11.0 Å². The van der Waals surface area contributed by atoms with Crippen molar-refractivity contribution in [2.45, 2.75) is 76.2 Å². The molecule has 2 atom stereocenters. The summed E-state index contributed by atoms with van der Waals surface area (Å²) in [6, 6.07) is 11.9. The summed E-state index contributed by atoms with van der Waals surface area (Å²) in [6.07, 6.45) is 8.50. The molecule has 0 spiro atoms. The van der Waals surface area contributed by atoms with Crippen molar-refractivity contribution >= 4 is 11.0 Å². The van der Waals surface area contributed by atoms with Crippen LogP contribution in [-0.2, 0) is 6.54 Å². The van der Waals surface area contributed by atoms with Crippen LogP contribution in [0.3, 0.4) is 0 Å². The van der Waals surface area contributed by atoms with Gasteiger partial charge in [0.2, 0.25) is 0 Å². The van der Waals surface area contributed by atoms with Gasteiger partial charge in [-0.3, -0.25) is 4.90 Å². The first-order valence-corrected chi connectivity index (χ1v) is 9.72. The Labute approximate surface area is 144 Å². The minimum absolute atomic E-state index is 0.715. The lowest BCUT2D eigenvalue weighted by Crippen LogP contribution is -2.50. The molecular formula is C20H28N4. The maximum absolute atomic E-state index is 4.68. The van der Waals surface area contributed by atoms with E-state index in [1.165, 1.54) is 44.0 Å². The second-order valence-electron chi connectivity index (χ2n) is 7.99. The summed E-state index contributed by atoms with van der Waals surface area (Å²) in [5, 5.41) is 3.86. The highest BCUT2D eigenvalue weighted by atomic mass is 15.3. The molecule has 1 saturated carbocycles. The van der Waals surface area contributed by atoms with Gasteiger partial charge in [-0.25, -0.2) is 4.98 Å². The molecule has 2 bridgehead atoms. The minimum Gasteiger partial charge on any atom is -0.327 e. The first-order valence-electron chi connectivity index (χ1n) is 9.72. The third-order valence-corrected chi connectivity index (χ3v) is 6.37. The molecule has 3 heterocycles. The average Bonchev–Trinajstić information content (AvgIpc) is 3.32. The van der Waals surface area contributed by atoms with Crippen molar-refractivity contribution in [1.29, 1.82) is 0 Å². The molecule has 4 nitrogen and oxygen atoms in total. The van der Waals surface area contributed by atoms with E-state index in [2.05, 4.69) is 51.0 Å². The highest BCUT2D eigenvalue weighted by molar-refractivity contribution is 5.75. The normalized spacial score (nSPS) is 30.3. The zero-order valence-electron chi connectivity index (χ0n) is 14.6. The van der Waals surface area contributed by atoms with Crippen molar-refractivity contribution in [2.75, 3.05) is 6.54 Å². The second kappa shape index (κ2) is 5.85. The molecule has 1 aromatic heterocycles. The second-order valence-corrected chi connectivity index (χ2v) is 7.99. The molecule has 24 heavy (non-hydrogen) atoms. The number of nitrogens with one attached hydrogen (secondary N) is 1. The van der Waals surface area contributed by atoms with Gasteiger partial charge in [-0.15, -0.1) is 0 Å². The van der Waals surface area contributed by atoms with E-state index in [-0.39, 0.29) is 0 Å². The molecule has 128 valence electrons. The van der Waals surface area contributed by atoms with Crippen LogP contribution in [0.25, 0.3) is 11.0 Å². The van der Waals surface area contributed by atoms with Crippen molar-refractivity contribution < 1.29 is 0 Å². The minimum atomic E-state index is 0.715. The van der Waals surface area contributed by atoms with Gasteiger partial charge in [0.1, 0.15) is 5.82 Å². The molecular weight excluding hydrogens is 296 g/mol. The van der Waals surface area contributed by atoms with Gasteiger partial charge in [-0.05, 0) is 57.6 Å². The SMILES string of the molecule is Cc1nc2ccccc2n1CCNC1CC2CCC(C1)N2C1CC1. The lowest BCUT2D eigenvalue weighted by atomic mass is 9.97.